The molecule has 0 fully saturated rings. The van der Waals surface area contributed by atoms with E-state index in [0.29, 0.717) is 11.1 Å². The van der Waals surface area contributed by atoms with Gasteiger partial charge in [0.05, 0.1) is 22.9 Å². The second-order valence-electron chi connectivity index (χ2n) is 8.20. The van der Waals surface area contributed by atoms with Gasteiger partial charge in [0, 0.05) is 16.8 Å². The predicted molar refractivity (Wildman–Crippen MR) is 136 cm³/mol. The third-order valence-corrected chi connectivity index (χ3v) is 7.04. The number of aromatic nitrogens is 2. The molecule has 0 saturated carbocycles. The molecule has 0 unspecified atom stereocenters. The van der Waals surface area contributed by atoms with E-state index in [2.05, 4.69) is 12.1 Å². The van der Waals surface area contributed by atoms with E-state index in [1.807, 2.05) is 72.6 Å². The molecule has 0 atom stereocenters. The number of nitrogens with one attached hydrogen (secondary N) is 1. The van der Waals surface area contributed by atoms with Crippen LogP contribution in [0.25, 0.3) is 27.9 Å². The fraction of sp³-hybridized carbons (Fsp3) is 0.185. The van der Waals surface area contributed by atoms with Crippen LogP contribution in [0.5, 0.6) is 0 Å². The van der Waals surface area contributed by atoms with Gasteiger partial charge in [-0.05, 0) is 57.0 Å². The van der Waals surface area contributed by atoms with Crippen LogP contribution in [0, 0.1) is 20.8 Å². The molecule has 1 aromatic heterocycles. The van der Waals surface area contributed by atoms with E-state index in [0.717, 1.165) is 33.8 Å². The molecule has 0 saturated heterocycles. The summed E-state index contributed by atoms with van der Waals surface area (Å²) in [4.78, 5) is 11.8. The second-order valence-corrected chi connectivity index (χ2v) is 9.85. The topological polar surface area (TPSA) is 90.3 Å². The van der Waals surface area contributed by atoms with Gasteiger partial charge in [0.1, 0.15) is 0 Å². The van der Waals surface area contributed by atoms with Crippen LogP contribution >= 0.6 is 0 Å². The average Bonchev–Trinajstić information content (AvgIpc) is 3.13. The first-order valence-corrected chi connectivity index (χ1v) is 12.7. The zero-order valence-corrected chi connectivity index (χ0v) is 20.9. The van der Waals surface area contributed by atoms with Crippen LogP contribution in [0.2, 0.25) is 0 Å². The molecular formula is C27H27N3O4S. The molecule has 8 heteroatoms. The Balaban J connectivity index is 1.80. The molecule has 0 spiro atoms. The van der Waals surface area contributed by atoms with Crippen molar-refractivity contribution >= 4 is 16.1 Å². The highest BCUT2D eigenvalue weighted by molar-refractivity contribution is 7.90. The van der Waals surface area contributed by atoms with Gasteiger partial charge in [0.15, 0.2) is 0 Å². The summed E-state index contributed by atoms with van der Waals surface area (Å²) in [7, 11) is -4.15. The maximum absolute atomic E-state index is 13.0. The van der Waals surface area contributed by atoms with Crippen LogP contribution < -0.4 is 4.72 Å². The number of carbonyl (C=O) groups excluding carboxylic acids is 1. The molecule has 0 aliphatic rings. The van der Waals surface area contributed by atoms with Gasteiger partial charge in [-0.15, -0.1) is 0 Å². The van der Waals surface area contributed by atoms with E-state index in [4.69, 9.17) is 9.84 Å². The molecule has 0 bridgehead atoms. The van der Waals surface area contributed by atoms with Gasteiger partial charge < -0.3 is 4.74 Å². The van der Waals surface area contributed by atoms with E-state index in [-0.39, 0.29) is 11.5 Å². The van der Waals surface area contributed by atoms with Crippen LogP contribution in [-0.4, -0.2) is 30.9 Å². The number of sulfonamides is 1. The van der Waals surface area contributed by atoms with Crippen LogP contribution in [0.4, 0.5) is 4.79 Å². The minimum Gasteiger partial charge on any atom is -0.449 e. The van der Waals surface area contributed by atoms with E-state index < -0.39 is 16.1 Å². The van der Waals surface area contributed by atoms with Crippen LogP contribution in [-0.2, 0) is 14.8 Å². The number of ether oxygens (including phenoxy) is 1. The van der Waals surface area contributed by atoms with Crippen LogP contribution in [0.1, 0.15) is 23.9 Å². The van der Waals surface area contributed by atoms with Gasteiger partial charge in [0.25, 0.3) is 10.0 Å². The van der Waals surface area contributed by atoms with Crippen LogP contribution in [0.3, 0.4) is 0 Å². The Hall–Kier alpha value is -3.91. The number of aryl methyl sites for hydroxylation is 2. The summed E-state index contributed by atoms with van der Waals surface area (Å²) in [5.41, 5.74) is 6.88. The van der Waals surface area contributed by atoms with Crippen molar-refractivity contribution in [1.82, 2.24) is 14.5 Å². The van der Waals surface area contributed by atoms with E-state index >= 15 is 0 Å². The third kappa shape index (κ3) is 4.97. The summed E-state index contributed by atoms with van der Waals surface area (Å²) < 4.78 is 34.6. The summed E-state index contributed by atoms with van der Waals surface area (Å²) >= 11 is 0. The SMILES string of the molecule is CCOC(=O)NS(=O)(=O)c1ccc(C)cc1-c1cccc(-n2nc(C)c(-c3ccccc3)c2C)c1. The number of amides is 1. The Morgan fingerprint density at radius 3 is 2.37 bits per heavy atom. The first kappa shape index (κ1) is 24.2. The monoisotopic (exact) mass is 489 g/mol. The van der Waals surface area contributed by atoms with Crippen molar-refractivity contribution in [2.75, 3.05) is 6.61 Å². The maximum atomic E-state index is 13.0. The van der Waals surface area contributed by atoms with Gasteiger partial charge in [0.2, 0.25) is 0 Å². The van der Waals surface area contributed by atoms with Crippen molar-refractivity contribution in [3.8, 4) is 27.9 Å². The Morgan fingerprint density at radius 2 is 1.66 bits per heavy atom. The Labute approximate surface area is 205 Å². The van der Waals surface area contributed by atoms with E-state index in [1.165, 1.54) is 6.07 Å². The molecule has 4 aromatic rings. The van der Waals surface area contributed by atoms with Crippen molar-refractivity contribution in [3.05, 3.63) is 89.7 Å². The highest BCUT2D eigenvalue weighted by atomic mass is 32.2. The van der Waals surface area contributed by atoms with Gasteiger partial charge >= 0.3 is 6.09 Å². The van der Waals surface area contributed by atoms with Gasteiger partial charge in [-0.2, -0.15) is 5.10 Å². The summed E-state index contributed by atoms with van der Waals surface area (Å²) in [6.07, 6.45) is -1.01. The zero-order chi connectivity index (χ0) is 25.2. The molecule has 7 nitrogen and oxygen atoms in total. The van der Waals surface area contributed by atoms with E-state index in [9.17, 15) is 13.2 Å². The quantitative estimate of drug-likeness (QED) is 0.383. The number of rotatable bonds is 6. The molecule has 180 valence electrons. The summed E-state index contributed by atoms with van der Waals surface area (Å²) in [5, 5.41) is 4.77. The highest BCUT2D eigenvalue weighted by Gasteiger charge is 2.23. The molecule has 0 aliphatic carbocycles. The molecule has 1 N–H and O–H groups in total. The standard InChI is InChI=1S/C27H27N3O4S/c1-5-34-27(31)29-35(32,33)25-15-14-18(2)16-24(25)22-12-9-13-23(17-22)30-20(4)26(19(3)28-30)21-10-7-6-8-11-21/h6-17H,5H2,1-4H3,(H,29,31). The predicted octanol–water partition coefficient (Wildman–Crippen LogP) is 5.57. The fourth-order valence-corrected chi connectivity index (χ4v) is 5.25. The number of nitrogens with zero attached hydrogens (tertiary/aromatic N) is 2. The summed E-state index contributed by atoms with van der Waals surface area (Å²) in [6, 6.07) is 22.6. The number of carbonyl (C=O) groups is 1. The normalized spacial score (nSPS) is 11.3. The van der Waals surface area contributed by atoms with Crippen LogP contribution in [0.15, 0.2) is 77.7 Å². The minimum absolute atomic E-state index is 0.00774. The number of hydrogen-bond acceptors (Lipinski definition) is 5. The lowest BCUT2D eigenvalue weighted by Crippen LogP contribution is -2.31. The minimum atomic E-state index is -4.15. The van der Waals surface area contributed by atoms with Crippen molar-refractivity contribution in [1.29, 1.82) is 0 Å². The fourth-order valence-electron chi connectivity index (χ4n) is 4.15. The largest absolute Gasteiger partial charge is 0.449 e. The number of hydrogen-bond donors (Lipinski definition) is 1. The summed E-state index contributed by atoms with van der Waals surface area (Å²) in [6.45, 7) is 7.55. The van der Waals surface area contributed by atoms with Crippen molar-refractivity contribution in [3.63, 3.8) is 0 Å². The van der Waals surface area contributed by atoms with E-state index in [1.54, 1.807) is 19.1 Å². The average molecular weight is 490 g/mol. The third-order valence-electron chi connectivity index (χ3n) is 5.67. The first-order valence-electron chi connectivity index (χ1n) is 11.2. The Bertz CT molecular complexity index is 1490. The van der Waals surface area contributed by atoms with Gasteiger partial charge in [-0.1, -0.05) is 60.2 Å². The van der Waals surface area contributed by atoms with Crippen molar-refractivity contribution < 1.29 is 17.9 Å². The van der Waals surface area contributed by atoms with Gasteiger partial charge in [-0.3, -0.25) is 0 Å². The smallest absolute Gasteiger partial charge is 0.421 e. The summed E-state index contributed by atoms with van der Waals surface area (Å²) in [5.74, 6) is 0. The molecular weight excluding hydrogens is 462 g/mol. The van der Waals surface area contributed by atoms with Crippen molar-refractivity contribution in [2.45, 2.75) is 32.6 Å². The molecule has 0 radical (unpaired) electrons. The molecule has 35 heavy (non-hydrogen) atoms. The molecule has 1 amide bonds. The number of benzene rings is 3. The Kier molecular flexibility index (Phi) is 6.75. The lowest BCUT2D eigenvalue weighted by atomic mass is 10.0. The second kappa shape index (κ2) is 9.76. The lowest BCUT2D eigenvalue weighted by molar-refractivity contribution is 0.158. The highest BCUT2D eigenvalue weighted by Crippen LogP contribution is 2.32. The Morgan fingerprint density at radius 1 is 0.943 bits per heavy atom. The zero-order valence-electron chi connectivity index (χ0n) is 20.1. The first-order chi connectivity index (χ1) is 16.7. The lowest BCUT2D eigenvalue weighted by Gasteiger charge is -2.14. The molecule has 4 rings (SSSR count). The maximum Gasteiger partial charge on any atom is 0.421 e. The molecule has 3 aromatic carbocycles. The molecule has 0 aliphatic heterocycles. The van der Waals surface area contributed by atoms with Gasteiger partial charge in [-0.25, -0.2) is 22.6 Å². The molecule has 1 heterocycles. The van der Waals surface area contributed by atoms with Crippen molar-refractivity contribution in [2.24, 2.45) is 0 Å².